The van der Waals surface area contributed by atoms with Crippen LogP contribution >= 0.6 is 0 Å². The zero-order valence-electron chi connectivity index (χ0n) is 15.7. The molecule has 0 bridgehead atoms. The van der Waals surface area contributed by atoms with Gasteiger partial charge in [0.2, 0.25) is 0 Å². The van der Waals surface area contributed by atoms with Crippen LogP contribution in [0, 0.1) is 29.5 Å². The molecule has 1 aromatic rings. The van der Waals surface area contributed by atoms with Gasteiger partial charge in [-0.1, -0.05) is 18.9 Å². The molecule has 0 N–H and O–H groups in total. The Morgan fingerprint density at radius 2 is 1.92 bits per heavy atom. The summed E-state index contributed by atoms with van der Waals surface area (Å²) in [4.78, 5) is 0. The second-order valence-electron chi connectivity index (χ2n) is 7.89. The van der Waals surface area contributed by atoms with E-state index in [4.69, 9.17) is 4.74 Å². The van der Waals surface area contributed by atoms with Crippen LogP contribution in [0.25, 0.3) is 0 Å². The van der Waals surface area contributed by atoms with E-state index < -0.39 is 0 Å². The Labute approximate surface area is 152 Å². The van der Waals surface area contributed by atoms with Gasteiger partial charge in [-0.25, -0.2) is 4.39 Å². The number of hydrogen-bond acceptors (Lipinski definition) is 1. The van der Waals surface area contributed by atoms with E-state index in [-0.39, 0.29) is 11.9 Å². The SMILES string of the molecule is CC#CC1CCC(CCCCc2cc(F)c3c(c2)CCC(C)O3)CC1. The fourth-order valence-electron chi connectivity index (χ4n) is 4.36. The monoisotopic (exact) mass is 342 g/mol. The summed E-state index contributed by atoms with van der Waals surface area (Å²) in [6.07, 6.45) is 12.0. The van der Waals surface area contributed by atoms with Crippen LogP contribution in [0.15, 0.2) is 12.1 Å². The van der Waals surface area contributed by atoms with Crippen LogP contribution in [0.1, 0.15) is 76.3 Å². The maximum atomic E-state index is 14.3. The number of hydrogen-bond donors (Lipinski definition) is 0. The van der Waals surface area contributed by atoms with Crippen molar-refractivity contribution in [3.05, 3.63) is 29.1 Å². The maximum Gasteiger partial charge on any atom is 0.165 e. The van der Waals surface area contributed by atoms with Gasteiger partial charge in [-0.2, -0.15) is 0 Å². The molecule has 1 aromatic carbocycles. The lowest BCUT2D eigenvalue weighted by Crippen LogP contribution is -2.20. The summed E-state index contributed by atoms with van der Waals surface area (Å²) in [7, 11) is 0. The van der Waals surface area contributed by atoms with Gasteiger partial charge < -0.3 is 4.74 Å². The fraction of sp³-hybridized carbons (Fsp3) is 0.652. The lowest BCUT2D eigenvalue weighted by atomic mass is 9.80. The first-order chi connectivity index (χ1) is 12.2. The summed E-state index contributed by atoms with van der Waals surface area (Å²) in [5, 5.41) is 0. The highest BCUT2D eigenvalue weighted by molar-refractivity contribution is 5.40. The topological polar surface area (TPSA) is 9.23 Å². The standard InChI is InChI=1S/C23H31FO/c1-3-6-18-10-12-19(13-11-18)7-4-5-8-20-15-21-14-9-17(2)25-23(21)22(24)16-20/h15-19H,4-5,7-14H2,1-2H3. The number of fused-ring (bicyclic) bond motifs is 1. The number of benzene rings is 1. The van der Waals surface area contributed by atoms with Crippen LogP contribution in [-0.2, 0) is 12.8 Å². The molecule has 0 radical (unpaired) electrons. The molecule has 1 atom stereocenters. The highest BCUT2D eigenvalue weighted by Gasteiger charge is 2.21. The number of rotatable bonds is 5. The lowest BCUT2D eigenvalue weighted by molar-refractivity contribution is 0.183. The van der Waals surface area contributed by atoms with Crippen LogP contribution < -0.4 is 4.74 Å². The van der Waals surface area contributed by atoms with E-state index >= 15 is 0 Å². The minimum atomic E-state index is -0.172. The number of aryl methyl sites for hydroxylation is 2. The van der Waals surface area contributed by atoms with E-state index in [0.717, 1.165) is 42.7 Å². The van der Waals surface area contributed by atoms with E-state index in [9.17, 15) is 4.39 Å². The van der Waals surface area contributed by atoms with Crippen molar-refractivity contribution in [1.82, 2.24) is 0 Å². The van der Waals surface area contributed by atoms with Gasteiger partial charge in [-0.05, 0) is 88.3 Å². The Balaban J connectivity index is 1.42. The largest absolute Gasteiger partial charge is 0.487 e. The zero-order valence-corrected chi connectivity index (χ0v) is 15.7. The molecule has 25 heavy (non-hydrogen) atoms. The van der Waals surface area contributed by atoms with Crippen molar-refractivity contribution >= 4 is 0 Å². The molecule has 1 fully saturated rings. The molecule has 0 spiro atoms. The first-order valence-electron chi connectivity index (χ1n) is 10.1. The van der Waals surface area contributed by atoms with Crippen molar-refractivity contribution in [2.75, 3.05) is 0 Å². The number of halogens is 1. The Morgan fingerprint density at radius 3 is 2.68 bits per heavy atom. The third kappa shape index (κ3) is 5.00. The molecule has 1 heterocycles. The zero-order chi connectivity index (χ0) is 17.6. The van der Waals surface area contributed by atoms with Crippen molar-refractivity contribution in [3.63, 3.8) is 0 Å². The van der Waals surface area contributed by atoms with Gasteiger partial charge in [-0.3, -0.25) is 0 Å². The van der Waals surface area contributed by atoms with Gasteiger partial charge in [-0.15, -0.1) is 11.8 Å². The Morgan fingerprint density at radius 1 is 1.12 bits per heavy atom. The molecule has 1 aliphatic heterocycles. The molecular formula is C23H31FO. The fourth-order valence-corrected chi connectivity index (χ4v) is 4.36. The van der Waals surface area contributed by atoms with Crippen LogP contribution in [-0.4, -0.2) is 6.10 Å². The Bertz CT molecular complexity index is 631. The average molecular weight is 342 g/mol. The molecule has 1 unspecified atom stereocenters. The molecule has 2 aliphatic rings. The lowest BCUT2D eigenvalue weighted by Gasteiger charge is -2.25. The molecule has 0 amide bonds. The number of unbranched alkanes of at least 4 members (excludes halogenated alkanes) is 1. The first kappa shape index (κ1) is 18.3. The van der Waals surface area contributed by atoms with Crippen LogP contribution in [0.2, 0.25) is 0 Å². The summed E-state index contributed by atoms with van der Waals surface area (Å²) >= 11 is 0. The highest BCUT2D eigenvalue weighted by Crippen LogP contribution is 2.33. The minimum Gasteiger partial charge on any atom is -0.487 e. The van der Waals surface area contributed by atoms with Gasteiger partial charge >= 0.3 is 0 Å². The molecular weight excluding hydrogens is 311 g/mol. The van der Waals surface area contributed by atoms with Gasteiger partial charge in [0.25, 0.3) is 0 Å². The first-order valence-corrected chi connectivity index (χ1v) is 10.1. The summed E-state index contributed by atoms with van der Waals surface area (Å²) in [6.45, 7) is 3.96. The molecule has 0 aromatic heterocycles. The minimum absolute atomic E-state index is 0.131. The van der Waals surface area contributed by atoms with Gasteiger partial charge in [0.1, 0.15) is 0 Å². The van der Waals surface area contributed by atoms with Gasteiger partial charge in [0, 0.05) is 5.92 Å². The summed E-state index contributed by atoms with van der Waals surface area (Å²) in [5.41, 5.74) is 2.19. The molecule has 0 saturated heterocycles. The van der Waals surface area contributed by atoms with Crippen molar-refractivity contribution in [2.24, 2.45) is 11.8 Å². The van der Waals surface area contributed by atoms with E-state index in [2.05, 4.69) is 17.9 Å². The van der Waals surface area contributed by atoms with Gasteiger partial charge in [0.05, 0.1) is 6.10 Å². The van der Waals surface area contributed by atoms with Crippen molar-refractivity contribution in [1.29, 1.82) is 0 Å². The molecule has 1 saturated carbocycles. The predicted octanol–water partition coefficient (Wildman–Crippen LogP) is 6.08. The third-order valence-electron chi connectivity index (χ3n) is 5.84. The molecule has 3 rings (SSSR count). The summed E-state index contributed by atoms with van der Waals surface area (Å²) in [6, 6.07) is 3.85. The Kier molecular flexibility index (Phi) is 6.40. The quantitative estimate of drug-likeness (QED) is 0.465. The van der Waals surface area contributed by atoms with E-state index in [1.807, 2.05) is 13.8 Å². The highest BCUT2D eigenvalue weighted by atomic mass is 19.1. The predicted molar refractivity (Wildman–Crippen MR) is 101 cm³/mol. The molecule has 136 valence electrons. The van der Waals surface area contributed by atoms with Crippen molar-refractivity contribution < 1.29 is 9.13 Å². The average Bonchev–Trinajstić information content (AvgIpc) is 2.61. The maximum absolute atomic E-state index is 14.3. The van der Waals surface area contributed by atoms with E-state index in [0.29, 0.717) is 11.7 Å². The third-order valence-corrected chi connectivity index (χ3v) is 5.84. The van der Waals surface area contributed by atoms with Crippen molar-refractivity contribution in [2.45, 2.75) is 84.2 Å². The van der Waals surface area contributed by atoms with Crippen LogP contribution in [0.3, 0.4) is 0 Å². The van der Waals surface area contributed by atoms with Crippen molar-refractivity contribution in [3.8, 4) is 17.6 Å². The second-order valence-corrected chi connectivity index (χ2v) is 7.89. The molecule has 1 nitrogen and oxygen atoms in total. The normalized spacial score (nSPS) is 25.5. The van der Waals surface area contributed by atoms with Gasteiger partial charge in [0.15, 0.2) is 11.6 Å². The van der Waals surface area contributed by atoms with Crippen LogP contribution in [0.5, 0.6) is 5.75 Å². The Hall–Kier alpha value is -1.49. The molecule has 1 aliphatic carbocycles. The number of ether oxygens (including phenoxy) is 1. The van der Waals surface area contributed by atoms with E-state index in [1.165, 1.54) is 38.5 Å². The summed E-state index contributed by atoms with van der Waals surface area (Å²) < 4.78 is 19.9. The van der Waals surface area contributed by atoms with E-state index in [1.54, 1.807) is 6.07 Å². The second kappa shape index (κ2) is 8.75. The van der Waals surface area contributed by atoms with Crippen LogP contribution in [0.4, 0.5) is 4.39 Å². The summed E-state index contributed by atoms with van der Waals surface area (Å²) in [5.74, 6) is 8.24. The smallest absolute Gasteiger partial charge is 0.165 e. The molecule has 2 heteroatoms.